The van der Waals surface area contributed by atoms with E-state index < -0.39 is 11.0 Å². The lowest BCUT2D eigenvalue weighted by Crippen LogP contribution is -2.10. The van der Waals surface area contributed by atoms with E-state index in [4.69, 9.17) is 9.84 Å². The van der Waals surface area contributed by atoms with Gasteiger partial charge in [-0.3, -0.25) is 10.1 Å². The Morgan fingerprint density at radius 1 is 1.59 bits per heavy atom. The van der Waals surface area contributed by atoms with Crippen molar-refractivity contribution in [3.63, 3.8) is 0 Å². The Morgan fingerprint density at radius 2 is 2.29 bits per heavy atom. The zero-order valence-electron chi connectivity index (χ0n) is 9.84. The number of hydrogen-bond acceptors (Lipinski definition) is 5. The molecule has 1 aromatic carbocycles. The van der Waals surface area contributed by atoms with Crippen LogP contribution in [-0.4, -0.2) is 29.8 Å². The Labute approximate surface area is 99.4 Å². The van der Waals surface area contributed by atoms with E-state index in [9.17, 15) is 10.1 Å². The van der Waals surface area contributed by atoms with Crippen molar-refractivity contribution in [2.24, 2.45) is 0 Å². The zero-order chi connectivity index (χ0) is 12.8. The van der Waals surface area contributed by atoms with Crippen molar-refractivity contribution in [3.8, 4) is 5.75 Å². The lowest BCUT2D eigenvalue weighted by Gasteiger charge is -2.09. The second-order valence-corrected chi connectivity index (χ2v) is 3.70. The van der Waals surface area contributed by atoms with Crippen molar-refractivity contribution < 1.29 is 14.8 Å². The molecule has 1 aromatic rings. The number of nitrogens with one attached hydrogen (secondary N) is 1. The minimum atomic E-state index is -0.465. The number of nitro benzene ring substituents is 1. The summed E-state index contributed by atoms with van der Waals surface area (Å²) in [5.41, 5.74) is 0.395. The number of rotatable bonds is 6. The molecule has 0 aliphatic heterocycles. The van der Waals surface area contributed by atoms with Gasteiger partial charge >= 0.3 is 0 Å². The highest BCUT2D eigenvalue weighted by Crippen LogP contribution is 2.28. The van der Waals surface area contributed by atoms with Gasteiger partial charge in [-0.2, -0.15) is 0 Å². The topological polar surface area (TPSA) is 84.6 Å². The van der Waals surface area contributed by atoms with Crippen LogP contribution in [-0.2, 0) is 0 Å². The van der Waals surface area contributed by atoms with E-state index in [0.717, 1.165) is 0 Å². The summed E-state index contributed by atoms with van der Waals surface area (Å²) < 4.78 is 4.93. The van der Waals surface area contributed by atoms with Crippen molar-refractivity contribution in [2.75, 3.05) is 19.0 Å². The summed E-state index contributed by atoms with van der Waals surface area (Å²) in [6.45, 7) is 2.15. The molecule has 0 spiro atoms. The maximum atomic E-state index is 10.8. The van der Waals surface area contributed by atoms with Gasteiger partial charge in [0.15, 0.2) is 0 Å². The molecule has 0 heterocycles. The second kappa shape index (κ2) is 6.05. The number of benzene rings is 1. The summed E-state index contributed by atoms with van der Waals surface area (Å²) in [7, 11) is 1.46. The van der Waals surface area contributed by atoms with Crippen molar-refractivity contribution in [3.05, 3.63) is 28.3 Å². The van der Waals surface area contributed by atoms with E-state index in [1.54, 1.807) is 19.1 Å². The molecule has 0 aliphatic rings. The molecule has 0 aromatic heterocycles. The molecule has 0 fully saturated rings. The third kappa shape index (κ3) is 3.92. The van der Waals surface area contributed by atoms with Crippen molar-refractivity contribution in [2.45, 2.75) is 19.4 Å². The Bertz CT molecular complexity index is 393. The number of nitro groups is 1. The first-order valence-corrected chi connectivity index (χ1v) is 5.29. The van der Waals surface area contributed by atoms with Gasteiger partial charge in [0.25, 0.3) is 5.69 Å². The first-order chi connectivity index (χ1) is 8.04. The van der Waals surface area contributed by atoms with Crippen LogP contribution in [0.15, 0.2) is 18.2 Å². The first kappa shape index (κ1) is 13.2. The van der Waals surface area contributed by atoms with Crippen molar-refractivity contribution >= 4 is 11.4 Å². The van der Waals surface area contributed by atoms with Gasteiger partial charge in [-0.15, -0.1) is 0 Å². The maximum absolute atomic E-state index is 10.8. The van der Waals surface area contributed by atoms with Crippen LogP contribution in [0.2, 0.25) is 0 Å². The summed E-state index contributed by atoms with van der Waals surface area (Å²) in [5.74, 6) is 0.442. The molecule has 1 rings (SSSR count). The van der Waals surface area contributed by atoms with Crippen LogP contribution >= 0.6 is 0 Å². The lowest BCUT2D eigenvalue weighted by atomic mass is 10.2. The van der Waals surface area contributed by atoms with Gasteiger partial charge in [0.05, 0.1) is 24.2 Å². The fraction of sp³-hybridized carbons (Fsp3) is 0.455. The molecular formula is C11H16N2O4. The Morgan fingerprint density at radius 3 is 2.82 bits per heavy atom. The molecule has 0 saturated heterocycles. The van der Waals surface area contributed by atoms with Gasteiger partial charge in [-0.25, -0.2) is 0 Å². The van der Waals surface area contributed by atoms with Gasteiger partial charge < -0.3 is 15.2 Å². The van der Waals surface area contributed by atoms with Gasteiger partial charge in [-0.05, 0) is 25.5 Å². The molecule has 6 nitrogen and oxygen atoms in total. The second-order valence-electron chi connectivity index (χ2n) is 3.70. The predicted molar refractivity (Wildman–Crippen MR) is 64.4 cm³/mol. The molecule has 17 heavy (non-hydrogen) atoms. The van der Waals surface area contributed by atoms with Crippen LogP contribution in [0, 0.1) is 10.1 Å². The third-order valence-corrected chi connectivity index (χ3v) is 2.28. The molecule has 6 heteroatoms. The fourth-order valence-electron chi connectivity index (χ4n) is 1.35. The molecular weight excluding hydrogens is 224 g/mol. The van der Waals surface area contributed by atoms with Gasteiger partial charge in [0.1, 0.15) is 11.4 Å². The largest absolute Gasteiger partial charge is 0.496 e. The summed E-state index contributed by atoms with van der Waals surface area (Å²) >= 11 is 0. The summed E-state index contributed by atoms with van der Waals surface area (Å²) in [4.78, 5) is 10.4. The number of hydrogen-bond donors (Lipinski definition) is 2. The molecule has 1 atom stereocenters. The van der Waals surface area contributed by atoms with Crippen LogP contribution in [0.3, 0.4) is 0 Å². The highest BCUT2D eigenvalue weighted by molar-refractivity contribution is 5.63. The SMILES string of the molecule is COc1ccc(NCCC(C)O)c([N+](=O)[O-])c1. The molecule has 1 unspecified atom stereocenters. The lowest BCUT2D eigenvalue weighted by molar-refractivity contribution is -0.384. The maximum Gasteiger partial charge on any atom is 0.296 e. The molecule has 0 radical (unpaired) electrons. The Balaban J connectivity index is 2.80. The van der Waals surface area contributed by atoms with Crippen LogP contribution < -0.4 is 10.1 Å². The fourth-order valence-corrected chi connectivity index (χ4v) is 1.35. The quantitative estimate of drug-likeness (QED) is 0.585. The van der Waals surface area contributed by atoms with E-state index in [1.807, 2.05) is 0 Å². The minimum Gasteiger partial charge on any atom is -0.496 e. The Hall–Kier alpha value is -1.82. The number of aliphatic hydroxyl groups is 1. The van der Waals surface area contributed by atoms with E-state index in [-0.39, 0.29) is 5.69 Å². The molecule has 0 aliphatic carbocycles. The molecule has 0 amide bonds. The first-order valence-electron chi connectivity index (χ1n) is 5.29. The number of nitrogens with zero attached hydrogens (tertiary/aromatic N) is 1. The van der Waals surface area contributed by atoms with Crippen LogP contribution in [0.1, 0.15) is 13.3 Å². The zero-order valence-corrected chi connectivity index (χ0v) is 9.84. The van der Waals surface area contributed by atoms with Crippen LogP contribution in [0.25, 0.3) is 0 Å². The van der Waals surface area contributed by atoms with Crippen LogP contribution in [0.4, 0.5) is 11.4 Å². The van der Waals surface area contributed by atoms with Gasteiger partial charge in [-0.1, -0.05) is 0 Å². The summed E-state index contributed by atoms with van der Waals surface area (Å²) in [6, 6.07) is 4.61. The van der Waals surface area contributed by atoms with Crippen LogP contribution in [0.5, 0.6) is 5.75 Å². The summed E-state index contributed by atoms with van der Waals surface area (Å²) in [5, 5.41) is 22.9. The average Bonchev–Trinajstić information content (AvgIpc) is 2.28. The van der Waals surface area contributed by atoms with Gasteiger partial charge in [0, 0.05) is 6.54 Å². The number of ether oxygens (including phenoxy) is 1. The normalized spacial score (nSPS) is 11.9. The van der Waals surface area contributed by atoms with Crippen molar-refractivity contribution in [1.82, 2.24) is 0 Å². The summed E-state index contributed by atoms with van der Waals surface area (Å²) in [6.07, 6.45) is 0.100. The van der Waals surface area contributed by atoms with E-state index in [2.05, 4.69) is 5.32 Å². The van der Waals surface area contributed by atoms with Crippen molar-refractivity contribution in [1.29, 1.82) is 0 Å². The molecule has 2 N–H and O–H groups in total. The number of methoxy groups -OCH3 is 1. The Kier molecular flexibility index (Phi) is 4.71. The molecule has 94 valence electrons. The average molecular weight is 240 g/mol. The highest BCUT2D eigenvalue weighted by Gasteiger charge is 2.14. The predicted octanol–water partition coefficient (Wildman–Crippen LogP) is 1.79. The van der Waals surface area contributed by atoms with Gasteiger partial charge in [0.2, 0.25) is 0 Å². The number of anilines is 1. The molecule has 0 bridgehead atoms. The minimum absolute atomic E-state index is 0.0325. The third-order valence-electron chi connectivity index (χ3n) is 2.28. The smallest absolute Gasteiger partial charge is 0.296 e. The molecule has 0 saturated carbocycles. The highest BCUT2D eigenvalue weighted by atomic mass is 16.6. The number of aliphatic hydroxyl groups excluding tert-OH is 1. The van der Waals surface area contributed by atoms with E-state index in [1.165, 1.54) is 13.2 Å². The standard InChI is InChI=1S/C11H16N2O4/c1-8(14)5-6-12-10-4-3-9(17-2)7-11(10)13(15)16/h3-4,7-8,12,14H,5-6H2,1-2H3. The van der Waals surface area contributed by atoms with E-state index >= 15 is 0 Å². The van der Waals surface area contributed by atoms with E-state index in [0.29, 0.717) is 24.4 Å². The monoisotopic (exact) mass is 240 g/mol.